The van der Waals surface area contributed by atoms with E-state index in [0.717, 1.165) is 25.1 Å². The summed E-state index contributed by atoms with van der Waals surface area (Å²) in [5.41, 5.74) is 6.81. The van der Waals surface area contributed by atoms with Crippen molar-refractivity contribution >= 4 is 24.3 Å². The van der Waals surface area contributed by atoms with E-state index in [1.54, 1.807) is 0 Å². The van der Waals surface area contributed by atoms with Crippen LogP contribution in [0.2, 0.25) is 0 Å². The van der Waals surface area contributed by atoms with Gasteiger partial charge in [0.25, 0.3) is 0 Å². The lowest BCUT2D eigenvalue weighted by Gasteiger charge is -2.22. The summed E-state index contributed by atoms with van der Waals surface area (Å²) in [6.07, 6.45) is 0.983. The third-order valence-corrected chi connectivity index (χ3v) is 4.05. The number of rotatable bonds is 5. The summed E-state index contributed by atoms with van der Waals surface area (Å²) in [5, 5.41) is 5.03. The fourth-order valence-electron chi connectivity index (χ4n) is 2.62. The van der Waals surface area contributed by atoms with Crippen molar-refractivity contribution in [1.82, 2.24) is 15.5 Å². The number of likely N-dealkylation sites (tertiary alicyclic amines) is 1. The molecule has 0 aliphatic carbocycles. The molecule has 3 amide bonds. The van der Waals surface area contributed by atoms with Gasteiger partial charge in [0.1, 0.15) is 0 Å². The molecule has 1 fully saturated rings. The van der Waals surface area contributed by atoms with E-state index in [2.05, 4.69) is 17.6 Å². The average molecular weight is 341 g/mol. The Morgan fingerprint density at radius 3 is 2.61 bits per heavy atom. The second-order valence-corrected chi connectivity index (χ2v) is 6.19. The second-order valence-electron chi connectivity index (χ2n) is 6.19. The van der Waals surface area contributed by atoms with Crippen LogP contribution in [-0.4, -0.2) is 43.0 Å². The molecule has 0 spiro atoms. The molecule has 0 saturated carbocycles. The van der Waals surface area contributed by atoms with Crippen LogP contribution < -0.4 is 16.4 Å². The van der Waals surface area contributed by atoms with Crippen molar-refractivity contribution in [3.05, 3.63) is 35.9 Å². The number of amides is 3. The van der Waals surface area contributed by atoms with E-state index in [1.165, 1.54) is 0 Å². The van der Waals surface area contributed by atoms with Crippen molar-refractivity contribution in [2.24, 2.45) is 11.1 Å². The summed E-state index contributed by atoms with van der Waals surface area (Å²) in [7, 11) is 0. The topological polar surface area (TPSA) is 87.5 Å². The van der Waals surface area contributed by atoms with Crippen molar-refractivity contribution in [2.75, 3.05) is 26.2 Å². The van der Waals surface area contributed by atoms with Crippen LogP contribution in [0, 0.1) is 5.41 Å². The van der Waals surface area contributed by atoms with E-state index in [0.29, 0.717) is 13.1 Å². The van der Waals surface area contributed by atoms with Gasteiger partial charge < -0.3 is 11.1 Å². The number of nitrogens with two attached hydrogens (primary N) is 1. The van der Waals surface area contributed by atoms with E-state index in [9.17, 15) is 9.59 Å². The highest BCUT2D eigenvalue weighted by Crippen LogP contribution is 2.27. The summed E-state index contributed by atoms with van der Waals surface area (Å²) < 4.78 is 0. The van der Waals surface area contributed by atoms with Crippen molar-refractivity contribution < 1.29 is 9.59 Å². The summed E-state index contributed by atoms with van der Waals surface area (Å²) in [6.45, 7) is 5.00. The zero-order chi connectivity index (χ0) is 16.0. The monoisotopic (exact) mass is 340 g/mol. The fourth-order valence-corrected chi connectivity index (χ4v) is 2.62. The number of hydrogen-bond donors (Lipinski definition) is 3. The molecule has 2 rings (SSSR count). The van der Waals surface area contributed by atoms with Crippen molar-refractivity contribution in [3.63, 3.8) is 0 Å². The Balaban J connectivity index is 0.00000264. The molecular weight excluding hydrogens is 316 g/mol. The maximum absolute atomic E-state index is 11.9. The maximum Gasteiger partial charge on any atom is 0.321 e. The van der Waals surface area contributed by atoms with E-state index in [1.807, 2.05) is 35.2 Å². The van der Waals surface area contributed by atoms with Gasteiger partial charge >= 0.3 is 6.03 Å². The van der Waals surface area contributed by atoms with Gasteiger partial charge in [0.15, 0.2) is 0 Å². The van der Waals surface area contributed by atoms with Crippen LogP contribution in [0.5, 0.6) is 0 Å². The standard InChI is InChI=1S/C16H24N4O2.ClH/c1-16(11-17)7-8-20(12-16)10-14(21)19-15(22)18-9-13-5-3-2-4-6-13;/h2-6H,7-12,17H2,1H3,(H2,18,19,21,22);1H. The van der Waals surface area contributed by atoms with Crippen LogP contribution in [0.15, 0.2) is 30.3 Å². The highest BCUT2D eigenvalue weighted by atomic mass is 35.5. The predicted molar refractivity (Wildman–Crippen MR) is 92.3 cm³/mol. The molecule has 0 aromatic heterocycles. The van der Waals surface area contributed by atoms with E-state index in [-0.39, 0.29) is 30.3 Å². The molecule has 1 aliphatic heterocycles. The van der Waals surface area contributed by atoms with Crippen LogP contribution >= 0.6 is 12.4 Å². The van der Waals surface area contributed by atoms with Gasteiger partial charge in [-0.15, -0.1) is 12.4 Å². The zero-order valence-corrected chi connectivity index (χ0v) is 14.2. The van der Waals surface area contributed by atoms with Crippen molar-refractivity contribution in [1.29, 1.82) is 0 Å². The number of nitrogens with zero attached hydrogens (tertiary/aromatic N) is 1. The van der Waals surface area contributed by atoms with Gasteiger partial charge in [-0.2, -0.15) is 0 Å². The molecule has 7 heteroatoms. The van der Waals surface area contributed by atoms with Gasteiger partial charge in [-0.3, -0.25) is 15.0 Å². The molecule has 1 atom stereocenters. The number of carbonyl (C=O) groups is 2. The van der Waals surface area contributed by atoms with Gasteiger partial charge in [-0.1, -0.05) is 37.3 Å². The Labute approximate surface area is 143 Å². The molecule has 1 aliphatic rings. The minimum atomic E-state index is -0.463. The summed E-state index contributed by atoms with van der Waals surface area (Å²) in [5.74, 6) is -0.285. The SMILES string of the molecule is CC1(CN)CCN(CC(=O)NC(=O)NCc2ccccc2)C1.Cl. The Kier molecular flexibility index (Phi) is 7.48. The van der Waals surface area contributed by atoms with Crippen LogP contribution in [0.4, 0.5) is 4.79 Å². The lowest BCUT2D eigenvalue weighted by Crippen LogP contribution is -2.44. The van der Waals surface area contributed by atoms with Crippen molar-refractivity contribution in [2.45, 2.75) is 19.9 Å². The van der Waals surface area contributed by atoms with Gasteiger partial charge in [-0.05, 0) is 30.5 Å². The molecule has 4 N–H and O–H groups in total. The first-order valence-electron chi connectivity index (χ1n) is 7.55. The molecule has 0 radical (unpaired) electrons. The molecular formula is C16H25ClN4O2. The number of hydrogen-bond acceptors (Lipinski definition) is 4. The minimum Gasteiger partial charge on any atom is -0.334 e. The summed E-state index contributed by atoms with van der Waals surface area (Å²) in [4.78, 5) is 25.6. The molecule has 0 bridgehead atoms. The number of benzene rings is 1. The second kappa shape index (κ2) is 8.86. The Morgan fingerprint density at radius 1 is 1.30 bits per heavy atom. The van der Waals surface area contributed by atoms with E-state index < -0.39 is 6.03 Å². The minimum absolute atomic E-state index is 0. The zero-order valence-electron chi connectivity index (χ0n) is 13.4. The molecule has 128 valence electrons. The third kappa shape index (κ3) is 6.17. The average Bonchev–Trinajstić information content (AvgIpc) is 2.88. The Hall–Kier alpha value is -1.63. The summed E-state index contributed by atoms with van der Waals surface area (Å²) in [6, 6.07) is 9.09. The lowest BCUT2D eigenvalue weighted by molar-refractivity contribution is -0.121. The molecule has 6 nitrogen and oxygen atoms in total. The van der Waals surface area contributed by atoms with Crippen LogP contribution in [0.25, 0.3) is 0 Å². The van der Waals surface area contributed by atoms with Crippen molar-refractivity contribution in [3.8, 4) is 0 Å². The first-order valence-corrected chi connectivity index (χ1v) is 7.55. The van der Waals surface area contributed by atoms with Gasteiger partial charge in [0.05, 0.1) is 6.54 Å². The van der Waals surface area contributed by atoms with Crippen LogP contribution in [-0.2, 0) is 11.3 Å². The molecule has 1 aromatic carbocycles. The molecule has 1 aromatic rings. The first kappa shape index (κ1) is 19.4. The summed E-state index contributed by atoms with van der Waals surface area (Å²) >= 11 is 0. The molecule has 23 heavy (non-hydrogen) atoms. The van der Waals surface area contributed by atoms with E-state index >= 15 is 0 Å². The quantitative estimate of drug-likeness (QED) is 0.749. The highest BCUT2D eigenvalue weighted by Gasteiger charge is 2.33. The normalized spacial score (nSPS) is 20.6. The van der Waals surface area contributed by atoms with Crippen LogP contribution in [0.1, 0.15) is 18.9 Å². The number of carbonyl (C=O) groups excluding carboxylic acids is 2. The Bertz CT molecular complexity index is 526. The van der Waals surface area contributed by atoms with Gasteiger partial charge in [-0.25, -0.2) is 4.79 Å². The number of halogens is 1. The predicted octanol–water partition coefficient (Wildman–Crippen LogP) is 1.10. The third-order valence-electron chi connectivity index (χ3n) is 4.05. The van der Waals surface area contributed by atoms with Gasteiger partial charge in [0.2, 0.25) is 5.91 Å². The van der Waals surface area contributed by atoms with Gasteiger partial charge in [0, 0.05) is 13.1 Å². The largest absolute Gasteiger partial charge is 0.334 e. The number of urea groups is 1. The highest BCUT2D eigenvalue weighted by molar-refractivity contribution is 5.95. The maximum atomic E-state index is 11.9. The van der Waals surface area contributed by atoms with Crippen LogP contribution in [0.3, 0.4) is 0 Å². The molecule has 1 unspecified atom stereocenters. The van der Waals surface area contributed by atoms with E-state index in [4.69, 9.17) is 5.73 Å². The molecule has 1 saturated heterocycles. The number of imide groups is 1. The fraction of sp³-hybridized carbons (Fsp3) is 0.500. The Morgan fingerprint density at radius 2 is 2.00 bits per heavy atom. The first-order chi connectivity index (χ1) is 10.5. The smallest absolute Gasteiger partial charge is 0.321 e. The number of nitrogens with one attached hydrogen (secondary N) is 2. The lowest BCUT2D eigenvalue weighted by atomic mass is 9.90. The molecule has 1 heterocycles.